The van der Waals surface area contributed by atoms with Crippen LogP contribution >= 0.6 is 0 Å². The van der Waals surface area contributed by atoms with E-state index in [1.54, 1.807) is 25.6 Å². The zero-order valence-corrected chi connectivity index (χ0v) is 15.3. The number of amides is 1. The zero-order chi connectivity index (χ0) is 19.4. The molecule has 1 unspecified atom stereocenters. The number of esters is 1. The minimum atomic E-state index is -0.526. The van der Waals surface area contributed by atoms with Crippen LogP contribution in [0.25, 0.3) is 0 Å². The molecule has 7 heteroatoms. The van der Waals surface area contributed by atoms with E-state index in [9.17, 15) is 9.59 Å². The van der Waals surface area contributed by atoms with Gasteiger partial charge in [-0.3, -0.25) is 4.79 Å². The summed E-state index contributed by atoms with van der Waals surface area (Å²) in [7, 11) is 4.41. The third-order valence-corrected chi connectivity index (χ3v) is 4.27. The van der Waals surface area contributed by atoms with Crippen LogP contribution in [0, 0.1) is 0 Å². The van der Waals surface area contributed by atoms with Gasteiger partial charge in [-0.15, -0.1) is 0 Å². The molecule has 1 aliphatic rings. The molecule has 1 aliphatic heterocycles. The van der Waals surface area contributed by atoms with Crippen LogP contribution in [-0.4, -0.2) is 33.1 Å². The third-order valence-electron chi connectivity index (χ3n) is 4.27. The molecule has 1 N–H and O–H groups in total. The summed E-state index contributed by atoms with van der Waals surface area (Å²) >= 11 is 0. The van der Waals surface area contributed by atoms with E-state index >= 15 is 0 Å². The molecule has 1 atom stereocenters. The maximum atomic E-state index is 13.0. The Bertz CT molecular complexity index is 886. The van der Waals surface area contributed by atoms with Crippen molar-refractivity contribution >= 4 is 17.6 Å². The number of anilines is 1. The maximum absolute atomic E-state index is 13.0. The molecular formula is C20H20N2O5. The van der Waals surface area contributed by atoms with Crippen LogP contribution in [0.15, 0.2) is 54.9 Å². The molecule has 0 radical (unpaired) electrons. The first-order chi connectivity index (χ1) is 13.1. The monoisotopic (exact) mass is 368 g/mol. The molecule has 0 bridgehead atoms. The average Bonchev–Trinajstić information content (AvgIpc) is 3.26. The van der Waals surface area contributed by atoms with Crippen molar-refractivity contribution in [1.29, 1.82) is 0 Å². The Morgan fingerprint density at radius 3 is 2.59 bits per heavy atom. The van der Waals surface area contributed by atoms with Crippen molar-refractivity contribution in [3.8, 4) is 5.75 Å². The zero-order valence-electron chi connectivity index (χ0n) is 15.3. The van der Waals surface area contributed by atoms with E-state index in [1.807, 2.05) is 24.3 Å². The molecule has 0 aromatic heterocycles. The Morgan fingerprint density at radius 2 is 1.93 bits per heavy atom. The van der Waals surface area contributed by atoms with Crippen LogP contribution < -0.4 is 15.0 Å². The summed E-state index contributed by atoms with van der Waals surface area (Å²) in [6.45, 7) is 0. The summed E-state index contributed by atoms with van der Waals surface area (Å²) in [6.07, 6.45) is 2.92. The predicted octanol–water partition coefficient (Wildman–Crippen LogP) is 2.85. The van der Waals surface area contributed by atoms with Gasteiger partial charge in [-0.05, 0) is 24.3 Å². The summed E-state index contributed by atoms with van der Waals surface area (Å²) in [5.41, 5.74) is 2.18. The molecule has 7 nitrogen and oxygen atoms in total. The Hall–Kier alpha value is -3.48. The molecule has 2 aromatic rings. The van der Waals surface area contributed by atoms with Crippen LogP contribution in [0.4, 0.5) is 5.69 Å². The molecule has 2 aromatic carbocycles. The van der Waals surface area contributed by atoms with E-state index in [2.05, 4.69) is 5.32 Å². The van der Waals surface area contributed by atoms with Gasteiger partial charge in [0.05, 0.1) is 19.9 Å². The van der Waals surface area contributed by atoms with E-state index in [4.69, 9.17) is 14.2 Å². The number of rotatable bonds is 5. The SMILES string of the molecule is COC(=O)c1ccc(C(=O)N(C)c2ccccc2C2NC=CO2)cc1OC. The Labute approximate surface area is 157 Å². The van der Waals surface area contributed by atoms with Crippen molar-refractivity contribution in [3.63, 3.8) is 0 Å². The molecule has 0 spiro atoms. The molecular weight excluding hydrogens is 348 g/mol. The fourth-order valence-corrected chi connectivity index (χ4v) is 2.87. The van der Waals surface area contributed by atoms with Crippen molar-refractivity contribution in [1.82, 2.24) is 5.32 Å². The van der Waals surface area contributed by atoms with Gasteiger partial charge in [-0.2, -0.15) is 0 Å². The molecule has 27 heavy (non-hydrogen) atoms. The minimum Gasteiger partial charge on any atom is -0.496 e. The number of nitrogens with one attached hydrogen (secondary N) is 1. The van der Waals surface area contributed by atoms with Crippen LogP contribution in [-0.2, 0) is 9.47 Å². The summed E-state index contributed by atoms with van der Waals surface area (Å²) in [5.74, 6) is -0.496. The molecule has 0 saturated carbocycles. The maximum Gasteiger partial charge on any atom is 0.341 e. The predicted molar refractivity (Wildman–Crippen MR) is 99.6 cm³/mol. The lowest BCUT2D eigenvalue weighted by molar-refractivity contribution is 0.0596. The van der Waals surface area contributed by atoms with Crippen molar-refractivity contribution in [2.45, 2.75) is 6.23 Å². The number of benzene rings is 2. The van der Waals surface area contributed by atoms with Crippen LogP contribution in [0.3, 0.4) is 0 Å². The molecule has 0 fully saturated rings. The second-order valence-electron chi connectivity index (χ2n) is 5.82. The highest BCUT2D eigenvalue weighted by Crippen LogP contribution is 2.30. The van der Waals surface area contributed by atoms with E-state index in [0.29, 0.717) is 11.3 Å². The minimum absolute atomic E-state index is 0.247. The highest BCUT2D eigenvalue weighted by Gasteiger charge is 2.23. The lowest BCUT2D eigenvalue weighted by atomic mass is 10.1. The average molecular weight is 368 g/mol. The van der Waals surface area contributed by atoms with Crippen LogP contribution in [0.5, 0.6) is 5.75 Å². The van der Waals surface area contributed by atoms with Gasteiger partial charge in [0, 0.05) is 24.4 Å². The quantitative estimate of drug-likeness (QED) is 0.818. The molecule has 1 amide bonds. The number of para-hydroxylation sites is 1. The van der Waals surface area contributed by atoms with Crippen molar-refractivity contribution in [3.05, 3.63) is 71.6 Å². The third kappa shape index (κ3) is 3.57. The number of ether oxygens (including phenoxy) is 3. The highest BCUT2D eigenvalue weighted by molar-refractivity contribution is 6.07. The van der Waals surface area contributed by atoms with E-state index in [1.165, 1.54) is 31.3 Å². The van der Waals surface area contributed by atoms with Gasteiger partial charge in [0.25, 0.3) is 5.91 Å². The number of methoxy groups -OCH3 is 2. The number of nitrogens with zero attached hydrogens (tertiary/aromatic N) is 1. The van der Waals surface area contributed by atoms with E-state index in [0.717, 1.165) is 5.56 Å². The van der Waals surface area contributed by atoms with Crippen molar-refractivity contribution in [2.75, 3.05) is 26.2 Å². The fourth-order valence-electron chi connectivity index (χ4n) is 2.87. The highest BCUT2D eigenvalue weighted by atomic mass is 16.5. The lowest BCUT2D eigenvalue weighted by Crippen LogP contribution is -2.28. The molecule has 0 saturated heterocycles. The summed E-state index contributed by atoms with van der Waals surface area (Å²) in [4.78, 5) is 26.3. The van der Waals surface area contributed by atoms with Gasteiger partial charge in [0.15, 0.2) is 6.23 Å². The second-order valence-corrected chi connectivity index (χ2v) is 5.82. The van der Waals surface area contributed by atoms with E-state index < -0.39 is 5.97 Å². The smallest absolute Gasteiger partial charge is 0.341 e. The largest absolute Gasteiger partial charge is 0.496 e. The van der Waals surface area contributed by atoms with Gasteiger partial charge in [0.1, 0.15) is 17.6 Å². The second kappa shape index (κ2) is 7.82. The standard InChI is InChI=1S/C20H20N2O5/c1-22(16-7-5-4-6-14(16)18-21-10-11-27-18)19(23)13-8-9-15(20(24)26-3)17(12-13)25-2/h4-12,18,21H,1-3H3. The molecule has 0 aliphatic carbocycles. The number of carbonyl (C=O) groups is 2. The van der Waals surface area contributed by atoms with Crippen LogP contribution in [0.1, 0.15) is 32.5 Å². The summed E-state index contributed by atoms with van der Waals surface area (Å²) < 4.78 is 15.5. The Morgan fingerprint density at radius 1 is 1.15 bits per heavy atom. The fraction of sp³-hybridized carbons (Fsp3) is 0.200. The summed E-state index contributed by atoms with van der Waals surface area (Å²) in [5, 5.41) is 3.08. The molecule has 140 valence electrons. The lowest BCUT2D eigenvalue weighted by Gasteiger charge is -2.23. The van der Waals surface area contributed by atoms with Gasteiger partial charge in [-0.1, -0.05) is 18.2 Å². The van der Waals surface area contributed by atoms with Crippen LogP contribution in [0.2, 0.25) is 0 Å². The van der Waals surface area contributed by atoms with Crippen molar-refractivity contribution in [2.24, 2.45) is 0 Å². The normalized spacial score (nSPS) is 14.9. The van der Waals surface area contributed by atoms with Gasteiger partial charge in [-0.25, -0.2) is 4.79 Å². The molecule has 1 heterocycles. The first kappa shape index (κ1) is 18.3. The summed E-state index contributed by atoms with van der Waals surface area (Å²) in [6, 6.07) is 12.1. The number of carbonyl (C=O) groups excluding carboxylic acids is 2. The van der Waals surface area contributed by atoms with E-state index in [-0.39, 0.29) is 23.4 Å². The topological polar surface area (TPSA) is 77.1 Å². The Kier molecular flexibility index (Phi) is 5.30. The van der Waals surface area contributed by atoms with Gasteiger partial charge < -0.3 is 24.4 Å². The Balaban J connectivity index is 1.91. The van der Waals surface area contributed by atoms with Gasteiger partial charge in [0.2, 0.25) is 0 Å². The molecule has 3 rings (SSSR count). The number of hydrogen-bond donors (Lipinski definition) is 1. The first-order valence-electron chi connectivity index (χ1n) is 8.26. The number of hydrogen-bond acceptors (Lipinski definition) is 6. The van der Waals surface area contributed by atoms with Gasteiger partial charge >= 0.3 is 5.97 Å². The first-order valence-corrected chi connectivity index (χ1v) is 8.26. The van der Waals surface area contributed by atoms with Crippen molar-refractivity contribution < 1.29 is 23.8 Å².